The van der Waals surface area contributed by atoms with Gasteiger partial charge in [0.15, 0.2) is 0 Å². The third-order valence-corrected chi connectivity index (χ3v) is 6.23. The number of nitrogens with zero attached hydrogens (tertiary/aromatic N) is 2. The van der Waals surface area contributed by atoms with Crippen LogP contribution in [-0.2, 0) is 11.2 Å². The number of rotatable bonds is 2. The van der Waals surface area contributed by atoms with Crippen molar-refractivity contribution in [3.8, 4) is 17.0 Å². The largest absolute Gasteiger partial charge is 0.493 e. The Morgan fingerprint density at radius 2 is 2.07 bits per heavy atom. The summed E-state index contributed by atoms with van der Waals surface area (Å²) in [6.45, 7) is 7.98. The second-order valence-corrected chi connectivity index (χ2v) is 9.48. The van der Waals surface area contributed by atoms with Gasteiger partial charge < -0.3 is 14.4 Å². The quantitative estimate of drug-likeness (QED) is 0.691. The second kappa shape index (κ2) is 7.74. The van der Waals surface area contributed by atoms with Crippen LogP contribution in [-0.4, -0.2) is 41.3 Å². The van der Waals surface area contributed by atoms with Crippen LogP contribution in [0.4, 0.5) is 4.79 Å². The van der Waals surface area contributed by atoms with Crippen molar-refractivity contribution >= 4 is 17.4 Å². The summed E-state index contributed by atoms with van der Waals surface area (Å²) in [5.41, 5.74) is 3.04. The number of ether oxygens (including phenoxy) is 2. The second-order valence-electron chi connectivity index (χ2n) is 8.59. The molecule has 0 aliphatic carbocycles. The van der Waals surface area contributed by atoms with E-state index in [0.29, 0.717) is 5.92 Å². The minimum Gasteiger partial charge on any atom is -0.493 e. The predicted molar refractivity (Wildman–Crippen MR) is 111 cm³/mol. The molecule has 0 N–H and O–H groups in total. The first-order chi connectivity index (χ1) is 13.4. The predicted octanol–water partition coefficient (Wildman–Crippen LogP) is 5.25. The maximum atomic E-state index is 12.2. The maximum absolute atomic E-state index is 12.2. The Morgan fingerprint density at radius 3 is 2.82 bits per heavy atom. The number of carbonyl (C=O) groups excluding carboxylic acids is 1. The Labute approximate surface area is 170 Å². The molecule has 1 saturated heterocycles. The molecule has 2 aromatic rings. The fraction of sp³-hybridized carbons (Fsp3) is 0.545. The third-order valence-electron chi connectivity index (χ3n) is 5.22. The van der Waals surface area contributed by atoms with Crippen LogP contribution in [0, 0.1) is 0 Å². The van der Waals surface area contributed by atoms with E-state index < -0.39 is 5.60 Å². The zero-order valence-corrected chi connectivity index (χ0v) is 17.7. The summed E-state index contributed by atoms with van der Waals surface area (Å²) in [5, 5.41) is 3.33. The molecule has 4 rings (SSSR count). The summed E-state index contributed by atoms with van der Waals surface area (Å²) >= 11 is 1.73. The molecule has 3 heterocycles. The van der Waals surface area contributed by atoms with Crippen LogP contribution in [0.25, 0.3) is 11.3 Å². The number of hydrogen-bond donors (Lipinski definition) is 0. The molecule has 1 aromatic heterocycles. The van der Waals surface area contributed by atoms with E-state index in [1.54, 1.807) is 11.3 Å². The zero-order valence-electron chi connectivity index (χ0n) is 16.9. The molecule has 0 bridgehead atoms. The first kappa shape index (κ1) is 19.2. The smallest absolute Gasteiger partial charge is 0.410 e. The number of amides is 1. The van der Waals surface area contributed by atoms with Crippen LogP contribution >= 0.6 is 11.3 Å². The summed E-state index contributed by atoms with van der Waals surface area (Å²) in [7, 11) is 0. The van der Waals surface area contributed by atoms with E-state index in [-0.39, 0.29) is 6.09 Å². The molecule has 1 aromatic carbocycles. The molecular formula is C22H28N2O3S. The average Bonchev–Trinajstić information content (AvgIpc) is 3.16. The Hall–Kier alpha value is -2.08. The number of hydrogen-bond acceptors (Lipinski definition) is 5. The van der Waals surface area contributed by atoms with Gasteiger partial charge in [-0.2, -0.15) is 0 Å². The highest BCUT2D eigenvalue weighted by atomic mass is 32.1. The van der Waals surface area contributed by atoms with Gasteiger partial charge in [-0.05, 0) is 70.2 Å². The number of aromatic nitrogens is 1. The van der Waals surface area contributed by atoms with Crippen molar-refractivity contribution in [3.63, 3.8) is 0 Å². The highest BCUT2D eigenvalue weighted by Crippen LogP contribution is 2.35. The zero-order chi connectivity index (χ0) is 19.7. The Kier molecular flexibility index (Phi) is 5.32. The van der Waals surface area contributed by atoms with Crippen molar-refractivity contribution in [3.05, 3.63) is 34.2 Å². The maximum Gasteiger partial charge on any atom is 0.410 e. The van der Waals surface area contributed by atoms with E-state index in [2.05, 4.69) is 23.6 Å². The topological polar surface area (TPSA) is 51.7 Å². The standard InChI is InChI=1S/C22H28N2O3S/c1-22(2,3)27-21(25)24-10-8-15(9-11-24)20-23-18(14-28-20)16-6-7-19-17(13-16)5-4-12-26-19/h6-7,13-15H,4-5,8-12H2,1-3H3. The molecule has 150 valence electrons. The van der Waals surface area contributed by atoms with Crippen molar-refractivity contribution in [2.24, 2.45) is 0 Å². The van der Waals surface area contributed by atoms with Gasteiger partial charge in [0.2, 0.25) is 0 Å². The molecule has 1 amide bonds. The number of benzene rings is 1. The van der Waals surface area contributed by atoms with Gasteiger partial charge >= 0.3 is 6.09 Å². The third kappa shape index (κ3) is 4.32. The van der Waals surface area contributed by atoms with E-state index in [9.17, 15) is 4.79 Å². The summed E-state index contributed by atoms with van der Waals surface area (Å²) in [6.07, 6.45) is 3.81. The first-order valence-electron chi connectivity index (χ1n) is 10.1. The number of thiazole rings is 1. The fourth-order valence-corrected chi connectivity index (χ4v) is 4.76. The molecule has 6 heteroatoms. The minimum atomic E-state index is -0.446. The van der Waals surface area contributed by atoms with Gasteiger partial charge in [0.25, 0.3) is 0 Å². The molecule has 0 atom stereocenters. The lowest BCUT2D eigenvalue weighted by molar-refractivity contribution is 0.0205. The lowest BCUT2D eigenvalue weighted by atomic mass is 9.97. The van der Waals surface area contributed by atoms with Crippen LogP contribution < -0.4 is 4.74 Å². The van der Waals surface area contributed by atoms with Gasteiger partial charge in [0.1, 0.15) is 11.4 Å². The van der Waals surface area contributed by atoms with E-state index in [1.165, 1.54) is 10.6 Å². The number of likely N-dealkylation sites (tertiary alicyclic amines) is 1. The molecule has 0 radical (unpaired) electrons. The number of carbonyl (C=O) groups is 1. The monoisotopic (exact) mass is 400 g/mol. The Morgan fingerprint density at radius 1 is 1.29 bits per heavy atom. The van der Waals surface area contributed by atoms with E-state index in [4.69, 9.17) is 14.5 Å². The summed E-state index contributed by atoms with van der Waals surface area (Å²) < 4.78 is 11.2. The van der Waals surface area contributed by atoms with Crippen LogP contribution in [0.2, 0.25) is 0 Å². The first-order valence-corrected chi connectivity index (χ1v) is 11.0. The van der Waals surface area contributed by atoms with E-state index in [1.807, 2.05) is 25.7 Å². The minimum absolute atomic E-state index is 0.206. The van der Waals surface area contributed by atoms with Gasteiger partial charge in [0.05, 0.1) is 17.3 Å². The summed E-state index contributed by atoms with van der Waals surface area (Å²) in [5.74, 6) is 1.43. The van der Waals surface area contributed by atoms with Crippen molar-refractivity contribution in [1.82, 2.24) is 9.88 Å². The van der Waals surface area contributed by atoms with Gasteiger partial charge in [-0.3, -0.25) is 0 Å². The molecule has 2 aliphatic heterocycles. The number of aryl methyl sites for hydroxylation is 1. The van der Waals surface area contributed by atoms with Gasteiger partial charge in [0, 0.05) is 30.0 Å². The van der Waals surface area contributed by atoms with Crippen LogP contribution in [0.1, 0.15) is 56.5 Å². The van der Waals surface area contributed by atoms with Crippen LogP contribution in [0.5, 0.6) is 5.75 Å². The molecule has 5 nitrogen and oxygen atoms in total. The molecular weight excluding hydrogens is 372 g/mol. The molecule has 2 aliphatic rings. The molecule has 1 fully saturated rings. The highest BCUT2D eigenvalue weighted by Gasteiger charge is 2.28. The SMILES string of the molecule is CC(C)(C)OC(=O)N1CCC(c2nc(-c3ccc4c(c3)CCCO4)cs2)CC1. The average molecular weight is 401 g/mol. The van der Waals surface area contributed by atoms with Crippen molar-refractivity contribution in [1.29, 1.82) is 0 Å². The summed E-state index contributed by atoms with van der Waals surface area (Å²) in [4.78, 5) is 19.0. The lowest BCUT2D eigenvalue weighted by Gasteiger charge is -2.32. The summed E-state index contributed by atoms with van der Waals surface area (Å²) in [6, 6.07) is 6.40. The molecule has 0 unspecified atom stereocenters. The van der Waals surface area contributed by atoms with Crippen molar-refractivity contribution in [2.45, 2.75) is 58.0 Å². The van der Waals surface area contributed by atoms with Gasteiger partial charge in [-0.25, -0.2) is 9.78 Å². The van der Waals surface area contributed by atoms with Gasteiger partial charge in [-0.15, -0.1) is 11.3 Å². The molecule has 28 heavy (non-hydrogen) atoms. The van der Waals surface area contributed by atoms with Crippen LogP contribution in [0.3, 0.4) is 0 Å². The Balaban J connectivity index is 1.40. The van der Waals surface area contributed by atoms with E-state index >= 15 is 0 Å². The van der Waals surface area contributed by atoms with Crippen molar-refractivity contribution < 1.29 is 14.3 Å². The number of fused-ring (bicyclic) bond motifs is 1. The fourth-order valence-electron chi connectivity index (χ4n) is 3.76. The van der Waals surface area contributed by atoms with Gasteiger partial charge in [-0.1, -0.05) is 0 Å². The highest BCUT2D eigenvalue weighted by molar-refractivity contribution is 7.10. The van der Waals surface area contributed by atoms with Crippen LogP contribution in [0.15, 0.2) is 23.6 Å². The Bertz CT molecular complexity index is 848. The number of piperidine rings is 1. The van der Waals surface area contributed by atoms with E-state index in [0.717, 1.165) is 62.4 Å². The normalized spacial score (nSPS) is 17.8. The van der Waals surface area contributed by atoms with Crippen molar-refractivity contribution in [2.75, 3.05) is 19.7 Å². The molecule has 0 saturated carbocycles. The lowest BCUT2D eigenvalue weighted by Crippen LogP contribution is -2.41. The molecule has 0 spiro atoms.